The highest BCUT2D eigenvalue weighted by Crippen LogP contribution is 2.15. The fourth-order valence-electron chi connectivity index (χ4n) is 1.13. The van der Waals surface area contributed by atoms with Crippen LogP contribution in [-0.2, 0) is 0 Å². The molecule has 2 nitrogen and oxygen atoms in total. The van der Waals surface area contributed by atoms with Gasteiger partial charge in [-0.05, 0) is 31.9 Å². The lowest BCUT2D eigenvalue weighted by molar-refractivity contribution is 0.625. The van der Waals surface area contributed by atoms with Crippen molar-refractivity contribution in [2.24, 2.45) is 4.99 Å². The van der Waals surface area contributed by atoms with E-state index in [0.29, 0.717) is 5.16 Å². The van der Waals surface area contributed by atoms with Crippen LogP contribution in [0.15, 0.2) is 27.9 Å². The molecule has 0 aromatic carbocycles. The zero-order valence-electron chi connectivity index (χ0n) is 8.34. The molecule has 0 aromatic rings. The first kappa shape index (κ1) is 10.3. The Morgan fingerprint density at radius 1 is 1.46 bits per heavy atom. The minimum atomic E-state index is 0.590. The Morgan fingerprint density at radius 2 is 2.15 bits per heavy atom. The number of aliphatic imine (C=N–C) groups is 1. The van der Waals surface area contributed by atoms with E-state index in [4.69, 9.17) is 11.6 Å². The van der Waals surface area contributed by atoms with Gasteiger partial charge in [-0.15, -0.1) is 0 Å². The summed E-state index contributed by atoms with van der Waals surface area (Å²) in [5.41, 5.74) is 1.34. The molecule has 13 heavy (non-hydrogen) atoms. The van der Waals surface area contributed by atoms with Crippen LogP contribution in [0.1, 0.15) is 19.8 Å². The quantitative estimate of drug-likeness (QED) is 0.547. The number of nitrogens with zero attached hydrogens (tertiary/aromatic N) is 2. The van der Waals surface area contributed by atoms with E-state index in [2.05, 4.69) is 18.0 Å². The third kappa shape index (κ3) is 3.23. The molecule has 0 bridgehead atoms. The first-order valence-electron chi connectivity index (χ1n) is 4.38. The molecular formula is C10H15ClN2. The topological polar surface area (TPSA) is 15.6 Å². The van der Waals surface area contributed by atoms with Crippen molar-refractivity contribution in [2.75, 3.05) is 14.1 Å². The van der Waals surface area contributed by atoms with Crippen LogP contribution < -0.4 is 0 Å². The van der Waals surface area contributed by atoms with Crippen molar-refractivity contribution in [3.05, 3.63) is 22.9 Å². The lowest BCUT2D eigenvalue weighted by Crippen LogP contribution is -2.20. The Balaban J connectivity index is 2.97. The molecular weight excluding hydrogens is 184 g/mol. The molecule has 0 aromatic heterocycles. The number of allylic oxidation sites excluding steroid dienone is 2. The first-order valence-corrected chi connectivity index (χ1v) is 4.76. The zero-order valence-corrected chi connectivity index (χ0v) is 9.10. The average Bonchev–Trinajstić information content (AvgIpc) is 1.99. The van der Waals surface area contributed by atoms with Gasteiger partial charge in [-0.1, -0.05) is 17.2 Å². The summed E-state index contributed by atoms with van der Waals surface area (Å²) in [7, 11) is 3.93. The highest BCUT2D eigenvalue weighted by molar-refractivity contribution is 6.30. The maximum Gasteiger partial charge on any atom is 0.129 e. The van der Waals surface area contributed by atoms with Gasteiger partial charge in [-0.2, -0.15) is 0 Å². The minimum Gasteiger partial charge on any atom is -0.363 e. The van der Waals surface area contributed by atoms with Gasteiger partial charge in [-0.25, -0.2) is 4.99 Å². The van der Waals surface area contributed by atoms with Crippen molar-refractivity contribution >= 4 is 17.4 Å². The Hall–Kier alpha value is -0.760. The van der Waals surface area contributed by atoms with E-state index >= 15 is 0 Å². The predicted molar refractivity (Wildman–Crippen MR) is 58.0 cm³/mol. The van der Waals surface area contributed by atoms with E-state index in [9.17, 15) is 0 Å². The van der Waals surface area contributed by atoms with E-state index in [1.165, 1.54) is 5.57 Å². The van der Waals surface area contributed by atoms with Crippen molar-refractivity contribution < 1.29 is 0 Å². The lowest BCUT2D eigenvalue weighted by Gasteiger charge is -2.14. The average molecular weight is 199 g/mol. The van der Waals surface area contributed by atoms with Crippen molar-refractivity contribution in [1.29, 1.82) is 0 Å². The summed E-state index contributed by atoms with van der Waals surface area (Å²) >= 11 is 5.90. The number of amidine groups is 1. The molecule has 1 heterocycles. The Morgan fingerprint density at radius 3 is 2.77 bits per heavy atom. The molecule has 3 heteroatoms. The van der Waals surface area contributed by atoms with Gasteiger partial charge in [0.25, 0.3) is 0 Å². The predicted octanol–water partition coefficient (Wildman–Crippen LogP) is 2.77. The van der Waals surface area contributed by atoms with Gasteiger partial charge < -0.3 is 4.90 Å². The normalized spacial score (nSPS) is 18.0. The van der Waals surface area contributed by atoms with Crippen LogP contribution >= 0.6 is 11.6 Å². The molecule has 0 saturated heterocycles. The Bertz CT molecular complexity index is 275. The summed E-state index contributed by atoms with van der Waals surface area (Å²) < 4.78 is 0. The van der Waals surface area contributed by atoms with Crippen molar-refractivity contribution in [2.45, 2.75) is 19.8 Å². The number of likely N-dealkylation sites (N-methyl/N-ethyl adjacent to an activating group) is 1. The first-order chi connectivity index (χ1) is 6.09. The second kappa shape index (κ2) is 4.47. The number of rotatable bonds is 0. The van der Waals surface area contributed by atoms with E-state index in [-0.39, 0.29) is 0 Å². The SMILES string of the molecule is CC1=CC(N(C)C)=NC(Cl)=CCC1. The van der Waals surface area contributed by atoms with Crippen molar-refractivity contribution in [1.82, 2.24) is 4.90 Å². The van der Waals surface area contributed by atoms with Crippen LogP contribution in [0.5, 0.6) is 0 Å². The molecule has 0 radical (unpaired) electrons. The van der Waals surface area contributed by atoms with Crippen molar-refractivity contribution in [3.8, 4) is 0 Å². The zero-order chi connectivity index (χ0) is 9.84. The van der Waals surface area contributed by atoms with Crippen LogP contribution in [0.4, 0.5) is 0 Å². The summed E-state index contributed by atoms with van der Waals surface area (Å²) in [5.74, 6) is 0.915. The summed E-state index contributed by atoms with van der Waals surface area (Å²) in [4.78, 5) is 6.24. The van der Waals surface area contributed by atoms with E-state index in [0.717, 1.165) is 18.7 Å². The highest BCUT2D eigenvalue weighted by Gasteiger charge is 2.03. The third-order valence-electron chi connectivity index (χ3n) is 1.91. The maximum atomic E-state index is 5.90. The second-order valence-corrected chi connectivity index (χ2v) is 3.81. The lowest BCUT2D eigenvalue weighted by atomic mass is 10.1. The number of halogens is 1. The van der Waals surface area contributed by atoms with Gasteiger partial charge in [0.05, 0.1) is 0 Å². The van der Waals surface area contributed by atoms with Crippen LogP contribution in [0.25, 0.3) is 0 Å². The molecule has 0 saturated carbocycles. The fraction of sp³-hybridized carbons (Fsp3) is 0.500. The van der Waals surface area contributed by atoms with Crippen molar-refractivity contribution in [3.63, 3.8) is 0 Å². The van der Waals surface area contributed by atoms with Gasteiger partial charge in [-0.3, -0.25) is 0 Å². The Labute approximate surface area is 84.6 Å². The molecule has 1 aliphatic rings. The molecule has 0 spiro atoms. The minimum absolute atomic E-state index is 0.590. The summed E-state index contributed by atoms with van der Waals surface area (Å²) in [6.07, 6.45) is 6.07. The maximum absolute atomic E-state index is 5.90. The smallest absolute Gasteiger partial charge is 0.129 e. The van der Waals surface area contributed by atoms with E-state index < -0.39 is 0 Å². The molecule has 0 amide bonds. The van der Waals surface area contributed by atoms with Crippen LogP contribution in [-0.4, -0.2) is 24.8 Å². The number of hydrogen-bond donors (Lipinski definition) is 0. The van der Waals surface area contributed by atoms with Gasteiger partial charge in [0, 0.05) is 14.1 Å². The van der Waals surface area contributed by atoms with Gasteiger partial charge in [0.1, 0.15) is 11.0 Å². The summed E-state index contributed by atoms with van der Waals surface area (Å²) in [6, 6.07) is 0. The Kier molecular flexibility index (Phi) is 3.55. The summed E-state index contributed by atoms with van der Waals surface area (Å²) in [6.45, 7) is 2.12. The largest absolute Gasteiger partial charge is 0.363 e. The van der Waals surface area contributed by atoms with E-state index in [1.54, 1.807) is 0 Å². The molecule has 1 aliphatic heterocycles. The third-order valence-corrected chi connectivity index (χ3v) is 2.15. The standard InChI is InChI=1S/C10H15ClN2/c1-8-5-4-6-9(11)12-10(7-8)13(2)3/h6-7H,4-5H2,1-3H3. The van der Waals surface area contributed by atoms with Gasteiger partial charge in [0.15, 0.2) is 0 Å². The second-order valence-electron chi connectivity index (χ2n) is 3.42. The molecule has 1 rings (SSSR count). The van der Waals surface area contributed by atoms with Gasteiger partial charge in [0.2, 0.25) is 0 Å². The molecule has 0 fully saturated rings. The van der Waals surface area contributed by atoms with E-state index in [1.807, 2.05) is 25.1 Å². The molecule has 0 unspecified atom stereocenters. The molecule has 0 N–H and O–H groups in total. The van der Waals surface area contributed by atoms with Crippen LogP contribution in [0.2, 0.25) is 0 Å². The fourth-order valence-corrected chi connectivity index (χ4v) is 1.32. The summed E-state index contributed by atoms with van der Waals surface area (Å²) in [5, 5.41) is 0.590. The molecule has 0 aliphatic carbocycles. The monoisotopic (exact) mass is 198 g/mol. The molecule has 0 atom stereocenters. The molecule has 72 valence electrons. The number of hydrogen-bond acceptors (Lipinski definition) is 2. The van der Waals surface area contributed by atoms with Crippen LogP contribution in [0, 0.1) is 0 Å². The van der Waals surface area contributed by atoms with Gasteiger partial charge >= 0.3 is 0 Å². The van der Waals surface area contributed by atoms with Crippen LogP contribution in [0.3, 0.4) is 0 Å². The highest BCUT2D eigenvalue weighted by atomic mass is 35.5.